The van der Waals surface area contributed by atoms with Gasteiger partial charge in [-0.15, -0.1) is 0 Å². The Labute approximate surface area is 148 Å². The molecule has 0 unspecified atom stereocenters. The van der Waals surface area contributed by atoms with Gasteiger partial charge in [-0.2, -0.15) is 0 Å². The fourth-order valence-electron chi connectivity index (χ4n) is 2.68. The zero-order valence-corrected chi connectivity index (χ0v) is 15.2. The monoisotopic (exact) mass is 364 g/mol. The Hall–Kier alpha value is -2.15. The number of carbonyl (C=O) groups excluding carboxylic acids is 2. The molecule has 1 aliphatic rings. The van der Waals surface area contributed by atoms with E-state index in [1.54, 1.807) is 12.2 Å². The van der Waals surface area contributed by atoms with Gasteiger partial charge in [-0.1, -0.05) is 49.4 Å². The molecule has 7 heteroatoms. The van der Waals surface area contributed by atoms with Crippen molar-refractivity contribution in [1.29, 1.82) is 0 Å². The molecule has 0 aromatic heterocycles. The molecule has 0 saturated carbocycles. The van der Waals surface area contributed by atoms with E-state index in [1.165, 1.54) is 4.90 Å². The van der Waals surface area contributed by atoms with Crippen molar-refractivity contribution in [2.75, 3.05) is 24.6 Å². The molecule has 136 valence electrons. The van der Waals surface area contributed by atoms with Gasteiger partial charge in [0.1, 0.15) is 0 Å². The predicted octanol–water partition coefficient (Wildman–Crippen LogP) is 2.09. The van der Waals surface area contributed by atoms with E-state index >= 15 is 0 Å². The van der Waals surface area contributed by atoms with Crippen molar-refractivity contribution < 1.29 is 18.0 Å². The van der Waals surface area contributed by atoms with E-state index in [1.807, 2.05) is 37.3 Å². The molecule has 0 radical (unpaired) electrons. The normalized spacial score (nSPS) is 16.9. The van der Waals surface area contributed by atoms with E-state index < -0.39 is 15.9 Å². The number of sulfone groups is 1. The summed E-state index contributed by atoms with van der Waals surface area (Å²) in [5.41, 5.74) is 1.02. The number of hydrogen-bond donors (Lipinski definition) is 1. The summed E-state index contributed by atoms with van der Waals surface area (Å²) >= 11 is 0. The molecular weight excluding hydrogens is 340 g/mol. The van der Waals surface area contributed by atoms with Crippen LogP contribution >= 0.6 is 0 Å². The van der Waals surface area contributed by atoms with Crippen LogP contribution in [0.5, 0.6) is 0 Å². The second kappa shape index (κ2) is 8.80. The fourth-order valence-corrected chi connectivity index (χ4v) is 4.30. The van der Waals surface area contributed by atoms with Gasteiger partial charge >= 0.3 is 6.03 Å². The van der Waals surface area contributed by atoms with Crippen molar-refractivity contribution in [3.05, 3.63) is 48.0 Å². The molecule has 0 bridgehead atoms. The number of urea groups is 1. The summed E-state index contributed by atoms with van der Waals surface area (Å²) < 4.78 is 24.4. The summed E-state index contributed by atoms with van der Waals surface area (Å²) in [5, 5.41) is 2.25. The maximum atomic E-state index is 12.2. The van der Waals surface area contributed by atoms with Crippen LogP contribution in [0.2, 0.25) is 0 Å². The van der Waals surface area contributed by atoms with Crippen molar-refractivity contribution in [2.24, 2.45) is 0 Å². The summed E-state index contributed by atoms with van der Waals surface area (Å²) in [7, 11) is -3.14. The van der Waals surface area contributed by atoms with E-state index in [0.717, 1.165) is 5.56 Å². The highest BCUT2D eigenvalue weighted by molar-refractivity contribution is 7.91. The fraction of sp³-hybridized carbons (Fsp3) is 0.444. The van der Waals surface area contributed by atoms with Crippen LogP contribution in [0.15, 0.2) is 42.5 Å². The second-order valence-corrected chi connectivity index (χ2v) is 8.46. The number of carbonyl (C=O) groups is 2. The molecule has 2 rings (SSSR count). The van der Waals surface area contributed by atoms with Gasteiger partial charge < -0.3 is 4.90 Å². The minimum atomic E-state index is -3.14. The topological polar surface area (TPSA) is 83.6 Å². The summed E-state index contributed by atoms with van der Waals surface area (Å²) in [4.78, 5) is 24.1. The first-order valence-corrected chi connectivity index (χ1v) is 10.2. The highest BCUT2D eigenvalue weighted by Crippen LogP contribution is 2.17. The van der Waals surface area contributed by atoms with Gasteiger partial charge in [-0.05, 0) is 17.9 Å². The average Bonchev–Trinajstić information content (AvgIpc) is 2.56. The van der Waals surface area contributed by atoms with Crippen molar-refractivity contribution >= 4 is 21.8 Å². The number of amides is 3. The van der Waals surface area contributed by atoms with Crippen LogP contribution < -0.4 is 5.32 Å². The number of nitrogens with one attached hydrogen (secondary N) is 1. The number of nitrogens with zero attached hydrogens (tertiary/aromatic N) is 1. The van der Waals surface area contributed by atoms with Gasteiger partial charge in [0.05, 0.1) is 11.5 Å². The first kappa shape index (κ1) is 19.2. The maximum Gasteiger partial charge on any atom is 0.324 e. The number of rotatable bonds is 8. The number of imide groups is 1. The molecule has 3 amide bonds. The Morgan fingerprint density at radius 1 is 1.20 bits per heavy atom. The van der Waals surface area contributed by atoms with Crippen molar-refractivity contribution in [2.45, 2.75) is 25.7 Å². The maximum absolute atomic E-state index is 12.2. The van der Waals surface area contributed by atoms with Crippen LogP contribution in [-0.2, 0) is 14.6 Å². The van der Waals surface area contributed by atoms with Gasteiger partial charge in [0.15, 0.2) is 9.84 Å². The third-order valence-corrected chi connectivity index (χ3v) is 5.97. The van der Waals surface area contributed by atoms with E-state index in [4.69, 9.17) is 0 Å². The third-order valence-electron chi connectivity index (χ3n) is 4.10. The lowest BCUT2D eigenvalue weighted by Gasteiger charge is -2.25. The molecule has 1 saturated heterocycles. The second-order valence-electron chi connectivity index (χ2n) is 6.24. The number of allylic oxidation sites excluding steroid dienone is 1. The van der Waals surface area contributed by atoms with Gasteiger partial charge in [-0.3, -0.25) is 10.1 Å². The molecule has 1 N–H and O–H groups in total. The quantitative estimate of drug-likeness (QED) is 0.716. The van der Waals surface area contributed by atoms with E-state index in [2.05, 4.69) is 5.32 Å². The standard InChI is InChI=1S/C18H24N2O4S/c1-15(16-8-4-2-5-9-16)14-25(23,24)13-7-3-6-11-20-12-10-17(21)19-18(20)22/h2-6,8-9,15H,7,10-14H2,1H3,(H,19,21,22)/b6-3-/t15-/m0/s1. The summed E-state index contributed by atoms with van der Waals surface area (Å²) in [5.74, 6) is -0.0824. The lowest BCUT2D eigenvalue weighted by atomic mass is 10.0. The first-order valence-electron chi connectivity index (χ1n) is 8.36. The summed E-state index contributed by atoms with van der Waals surface area (Å²) in [6.07, 6.45) is 4.25. The molecular formula is C18H24N2O4S. The van der Waals surface area contributed by atoms with Gasteiger partial charge in [0.2, 0.25) is 5.91 Å². The van der Waals surface area contributed by atoms with Crippen LogP contribution in [0.4, 0.5) is 4.79 Å². The van der Waals surface area contributed by atoms with Crippen LogP contribution in [0, 0.1) is 0 Å². The Bertz CT molecular complexity index is 729. The van der Waals surface area contributed by atoms with E-state index in [0.29, 0.717) is 25.9 Å². The Morgan fingerprint density at radius 2 is 1.92 bits per heavy atom. The molecule has 0 spiro atoms. The third kappa shape index (κ3) is 6.34. The highest BCUT2D eigenvalue weighted by Gasteiger charge is 2.21. The molecule has 1 aliphatic heterocycles. The molecule has 1 heterocycles. The molecule has 25 heavy (non-hydrogen) atoms. The van der Waals surface area contributed by atoms with Crippen molar-refractivity contribution in [1.82, 2.24) is 10.2 Å². The molecule has 1 fully saturated rings. The molecule has 1 atom stereocenters. The Kier molecular flexibility index (Phi) is 6.75. The van der Waals surface area contributed by atoms with Gasteiger partial charge in [0.25, 0.3) is 0 Å². The van der Waals surface area contributed by atoms with Crippen LogP contribution in [0.25, 0.3) is 0 Å². The first-order chi connectivity index (χ1) is 11.9. The zero-order valence-electron chi connectivity index (χ0n) is 14.3. The predicted molar refractivity (Wildman–Crippen MR) is 97.0 cm³/mol. The number of benzene rings is 1. The van der Waals surface area contributed by atoms with E-state index in [9.17, 15) is 18.0 Å². The summed E-state index contributed by atoms with van der Waals surface area (Å²) in [6, 6.07) is 9.21. The minimum Gasteiger partial charge on any atom is -0.320 e. The van der Waals surface area contributed by atoms with Gasteiger partial charge in [-0.25, -0.2) is 13.2 Å². The minimum absolute atomic E-state index is 0.0373. The smallest absolute Gasteiger partial charge is 0.320 e. The van der Waals surface area contributed by atoms with Crippen molar-refractivity contribution in [3.8, 4) is 0 Å². The van der Waals surface area contributed by atoms with Crippen LogP contribution in [0.3, 0.4) is 0 Å². The SMILES string of the molecule is C[C@@H](CS(=O)(=O)CC/C=C\CN1CCC(=O)NC1=O)c1ccccc1. The van der Waals surface area contributed by atoms with Crippen molar-refractivity contribution in [3.63, 3.8) is 0 Å². The van der Waals surface area contributed by atoms with Gasteiger partial charge in [0, 0.05) is 19.5 Å². The van der Waals surface area contributed by atoms with Crippen LogP contribution in [-0.4, -0.2) is 49.9 Å². The lowest BCUT2D eigenvalue weighted by Crippen LogP contribution is -2.49. The molecule has 1 aromatic carbocycles. The largest absolute Gasteiger partial charge is 0.324 e. The number of hydrogen-bond acceptors (Lipinski definition) is 4. The zero-order chi connectivity index (χ0) is 18.3. The Balaban J connectivity index is 1.74. The van der Waals surface area contributed by atoms with Crippen LogP contribution in [0.1, 0.15) is 31.2 Å². The lowest BCUT2D eigenvalue weighted by molar-refractivity contribution is -0.121. The summed E-state index contributed by atoms with van der Waals surface area (Å²) in [6.45, 7) is 2.68. The molecule has 0 aliphatic carbocycles. The molecule has 6 nitrogen and oxygen atoms in total. The Morgan fingerprint density at radius 3 is 2.60 bits per heavy atom. The average molecular weight is 364 g/mol. The molecule has 1 aromatic rings. The van der Waals surface area contributed by atoms with E-state index in [-0.39, 0.29) is 23.3 Å². The highest BCUT2D eigenvalue weighted by atomic mass is 32.2.